The summed E-state index contributed by atoms with van der Waals surface area (Å²) >= 11 is 13.3. The summed E-state index contributed by atoms with van der Waals surface area (Å²) in [5.41, 5.74) is 0.262. The maximum absolute atomic E-state index is 12.0. The third-order valence-corrected chi connectivity index (χ3v) is 5.43. The first-order chi connectivity index (χ1) is 14.0. The molecule has 2 amide bonds. The van der Waals surface area contributed by atoms with Gasteiger partial charge in [0.05, 0.1) is 10.0 Å². The number of esters is 1. The Hall–Kier alpha value is -2.22. The van der Waals surface area contributed by atoms with Gasteiger partial charge in [0, 0.05) is 17.0 Å². The Morgan fingerprint density at radius 2 is 1.72 bits per heavy atom. The molecule has 0 aliphatic heterocycles. The first-order valence-corrected chi connectivity index (χ1v) is 10.5. The van der Waals surface area contributed by atoms with Gasteiger partial charge in [-0.15, -0.1) is 11.8 Å². The molecule has 0 radical (unpaired) electrons. The van der Waals surface area contributed by atoms with Crippen molar-refractivity contribution in [1.29, 1.82) is 0 Å². The van der Waals surface area contributed by atoms with Gasteiger partial charge < -0.3 is 15.4 Å². The van der Waals surface area contributed by atoms with Crippen LogP contribution in [0.2, 0.25) is 10.0 Å². The monoisotopic (exact) mass is 454 g/mol. The van der Waals surface area contributed by atoms with Crippen molar-refractivity contribution in [2.45, 2.75) is 11.3 Å². The number of thioether (sulfide) groups is 1. The van der Waals surface area contributed by atoms with E-state index in [1.165, 1.54) is 23.1 Å². The number of hydrogen-bond donors (Lipinski definition) is 2. The molecule has 0 fully saturated rings. The third-order valence-electron chi connectivity index (χ3n) is 3.59. The van der Waals surface area contributed by atoms with Gasteiger partial charge in [-0.1, -0.05) is 41.4 Å². The lowest BCUT2D eigenvalue weighted by atomic mass is 10.2. The average Bonchev–Trinajstić information content (AvgIpc) is 2.73. The largest absolute Gasteiger partial charge is 0.454 e. The number of carbonyl (C=O) groups excluding carboxylic acids is 3. The molecule has 0 unspecified atom stereocenters. The SMILES string of the molecule is O=C(COC(=O)CNC(=O)c1ccc(Cl)c(Cl)c1)NCCCSc1ccccc1. The average molecular weight is 455 g/mol. The van der Waals surface area contributed by atoms with Crippen LogP contribution in [0.3, 0.4) is 0 Å². The maximum atomic E-state index is 12.0. The second-order valence-corrected chi connectivity index (χ2v) is 7.82. The second-order valence-electron chi connectivity index (χ2n) is 5.84. The summed E-state index contributed by atoms with van der Waals surface area (Å²) in [6.07, 6.45) is 0.791. The van der Waals surface area contributed by atoms with Crippen LogP contribution in [0.4, 0.5) is 0 Å². The molecule has 29 heavy (non-hydrogen) atoms. The van der Waals surface area contributed by atoms with Gasteiger partial charge in [0.2, 0.25) is 0 Å². The molecule has 9 heteroatoms. The summed E-state index contributed by atoms with van der Waals surface area (Å²) in [7, 11) is 0. The first kappa shape index (κ1) is 23.1. The highest BCUT2D eigenvalue weighted by Gasteiger charge is 2.12. The van der Waals surface area contributed by atoms with E-state index in [4.69, 9.17) is 27.9 Å². The molecule has 0 aliphatic carbocycles. The Bertz CT molecular complexity index is 850. The van der Waals surface area contributed by atoms with Gasteiger partial charge in [0.25, 0.3) is 11.8 Å². The fourth-order valence-corrected chi connectivity index (χ4v) is 3.32. The predicted octanol–water partition coefficient (Wildman–Crippen LogP) is 3.57. The number of carbonyl (C=O) groups is 3. The fourth-order valence-electron chi connectivity index (χ4n) is 2.15. The second kappa shape index (κ2) is 12.4. The number of rotatable bonds is 10. The number of ether oxygens (including phenoxy) is 1. The lowest BCUT2D eigenvalue weighted by molar-refractivity contribution is -0.147. The van der Waals surface area contributed by atoms with Crippen molar-refractivity contribution >= 4 is 52.7 Å². The molecule has 0 atom stereocenters. The molecule has 154 valence electrons. The van der Waals surface area contributed by atoms with E-state index >= 15 is 0 Å². The van der Waals surface area contributed by atoms with Crippen LogP contribution >= 0.6 is 35.0 Å². The van der Waals surface area contributed by atoms with Crippen molar-refractivity contribution in [3.63, 3.8) is 0 Å². The van der Waals surface area contributed by atoms with Gasteiger partial charge in [-0.2, -0.15) is 0 Å². The van der Waals surface area contributed by atoms with E-state index in [0.717, 1.165) is 12.2 Å². The molecular weight excluding hydrogens is 435 g/mol. The highest BCUT2D eigenvalue weighted by Crippen LogP contribution is 2.22. The standard InChI is InChI=1S/C20H20Cl2N2O4S/c21-16-8-7-14(11-17(16)22)20(27)24-12-19(26)28-13-18(25)23-9-4-10-29-15-5-2-1-3-6-15/h1-3,5-8,11H,4,9-10,12-13H2,(H,23,25)(H,24,27). The highest BCUT2D eigenvalue weighted by molar-refractivity contribution is 7.99. The highest BCUT2D eigenvalue weighted by atomic mass is 35.5. The van der Waals surface area contributed by atoms with Gasteiger partial charge in [-0.25, -0.2) is 0 Å². The minimum Gasteiger partial charge on any atom is -0.454 e. The minimum atomic E-state index is -0.715. The summed E-state index contributed by atoms with van der Waals surface area (Å²) < 4.78 is 4.84. The zero-order valence-electron chi connectivity index (χ0n) is 15.5. The molecular formula is C20H20Cl2N2O4S. The summed E-state index contributed by atoms with van der Waals surface area (Å²) in [4.78, 5) is 36.5. The number of halogens is 2. The van der Waals surface area contributed by atoms with Crippen molar-refractivity contribution in [2.75, 3.05) is 25.4 Å². The van der Waals surface area contributed by atoms with Crippen LogP contribution < -0.4 is 10.6 Å². The van der Waals surface area contributed by atoms with Gasteiger partial charge in [0.1, 0.15) is 6.54 Å². The number of amides is 2. The molecule has 0 spiro atoms. The maximum Gasteiger partial charge on any atom is 0.325 e. The predicted molar refractivity (Wildman–Crippen MR) is 115 cm³/mol. The van der Waals surface area contributed by atoms with Crippen LogP contribution in [0, 0.1) is 0 Å². The Morgan fingerprint density at radius 3 is 2.45 bits per heavy atom. The molecule has 0 bridgehead atoms. The van der Waals surface area contributed by atoms with E-state index in [0.29, 0.717) is 11.6 Å². The van der Waals surface area contributed by atoms with Crippen molar-refractivity contribution < 1.29 is 19.1 Å². The van der Waals surface area contributed by atoms with E-state index in [2.05, 4.69) is 10.6 Å². The lowest BCUT2D eigenvalue weighted by Gasteiger charge is -2.08. The first-order valence-electron chi connectivity index (χ1n) is 8.79. The number of hydrogen-bond acceptors (Lipinski definition) is 5. The molecule has 0 aromatic heterocycles. The molecule has 0 heterocycles. The van der Waals surface area contributed by atoms with Crippen LogP contribution in [0.15, 0.2) is 53.4 Å². The van der Waals surface area contributed by atoms with Crippen molar-refractivity contribution in [1.82, 2.24) is 10.6 Å². The van der Waals surface area contributed by atoms with E-state index in [1.807, 2.05) is 30.3 Å². The van der Waals surface area contributed by atoms with E-state index < -0.39 is 18.5 Å². The van der Waals surface area contributed by atoms with E-state index in [-0.39, 0.29) is 23.0 Å². The van der Waals surface area contributed by atoms with Crippen molar-refractivity contribution in [2.24, 2.45) is 0 Å². The van der Waals surface area contributed by atoms with Gasteiger partial charge in [-0.3, -0.25) is 14.4 Å². The van der Waals surface area contributed by atoms with Crippen LogP contribution in [0.25, 0.3) is 0 Å². The van der Waals surface area contributed by atoms with Crippen LogP contribution in [-0.4, -0.2) is 43.2 Å². The Kier molecular flexibility index (Phi) is 9.83. The zero-order valence-corrected chi connectivity index (χ0v) is 17.8. The molecule has 2 aromatic rings. The minimum absolute atomic E-state index is 0.237. The summed E-state index contributed by atoms with van der Waals surface area (Å²) in [5.74, 6) is -0.738. The van der Waals surface area contributed by atoms with Crippen LogP contribution in [0.1, 0.15) is 16.8 Å². The molecule has 2 aromatic carbocycles. The van der Waals surface area contributed by atoms with E-state index in [9.17, 15) is 14.4 Å². The topological polar surface area (TPSA) is 84.5 Å². The molecule has 2 N–H and O–H groups in total. The molecule has 2 rings (SSSR count). The lowest BCUT2D eigenvalue weighted by Crippen LogP contribution is -2.34. The molecule has 0 saturated heterocycles. The van der Waals surface area contributed by atoms with Crippen LogP contribution in [-0.2, 0) is 14.3 Å². The smallest absolute Gasteiger partial charge is 0.325 e. The van der Waals surface area contributed by atoms with E-state index in [1.54, 1.807) is 11.8 Å². The van der Waals surface area contributed by atoms with Crippen LogP contribution in [0.5, 0.6) is 0 Å². The Labute approximate surface area is 183 Å². The van der Waals surface area contributed by atoms with Gasteiger partial charge in [0.15, 0.2) is 6.61 Å². The fraction of sp³-hybridized carbons (Fsp3) is 0.250. The van der Waals surface area contributed by atoms with Gasteiger partial charge in [-0.05, 0) is 42.5 Å². The molecule has 0 saturated carbocycles. The molecule has 6 nitrogen and oxygen atoms in total. The quantitative estimate of drug-likeness (QED) is 0.325. The third kappa shape index (κ3) is 8.77. The number of benzene rings is 2. The van der Waals surface area contributed by atoms with Crippen molar-refractivity contribution in [3.05, 3.63) is 64.1 Å². The van der Waals surface area contributed by atoms with Crippen molar-refractivity contribution in [3.8, 4) is 0 Å². The Balaban J connectivity index is 1.56. The Morgan fingerprint density at radius 1 is 0.966 bits per heavy atom. The molecule has 0 aliphatic rings. The summed E-state index contributed by atoms with van der Waals surface area (Å²) in [5, 5.41) is 5.64. The summed E-state index contributed by atoms with van der Waals surface area (Å²) in [6, 6.07) is 14.3. The zero-order chi connectivity index (χ0) is 21.1. The van der Waals surface area contributed by atoms with Gasteiger partial charge >= 0.3 is 5.97 Å². The number of nitrogens with one attached hydrogen (secondary N) is 2. The summed E-state index contributed by atoms with van der Waals surface area (Å²) in [6.45, 7) is -0.266. The normalized spacial score (nSPS) is 10.3.